The summed E-state index contributed by atoms with van der Waals surface area (Å²) >= 11 is 5.04. The fraction of sp³-hybridized carbons (Fsp3) is 0.143. The standard InChI is InChI=1S/C7H5ClF3N3O2/c8-13-12-5-2-1-4(7(9,10)11)3-6(5)14(15)16/h1-3,12-13H. The van der Waals surface area contributed by atoms with E-state index in [0.29, 0.717) is 12.1 Å². The number of nitrogens with one attached hydrogen (secondary N) is 2. The largest absolute Gasteiger partial charge is 0.416 e. The Morgan fingerprint density at radius 2 is 2.00 bits per heavy atom. The molecule has 1 aromatic carbocycles. The summed E-state index contributed by atoms with van der Waals surface area (Å²) in [5, 5.41) is 10.5. The van der Waals surface area contributed by atoms with E-state index in [0.717, 1.165) is 6.07 Å². The summed E-state index contributed by atoms with van der Waals surface area (Å²) in [5.41, 5.74) is 0.166. The Balaban J connectivity index is 3.23. The van der Waals surface area contributed by atoms with Crippen LogP contribution in [0.2, 0.25) is 0 Å². The summed E-state index contributed by atoms with van der Waals surface area (Å²) in [4.78, 5) is 11.4. The maximum atomic E-state index is 12.3. The van der Waals surface area contributed by atoms with E-state index in [2.05, 4.69) is 5.43 Å². The molecule has 0 aromatic heterocycles. The monoisotopic (exact) mass is 255 g/mol. The van der Waals surface area contributed by atoms with Gasteiger partial charge < -0.3 is 5.43 Å². The molecule has 5 nitrogen and oxygen atoms in total. The van der Waals surface area contributed by atoms with E-state index >= 15 is 0 Å². The Bertz CT molecular complexity index is 410. The van der Waals surface area contributed by atoms with Gasteiger partial charge >= 0.3 is 6.18 Å². The predicted octanol–water partition coefficient (Wildman–Crippen LogP) is 2.68. The number of hydrogen-bond acceptors (Lipinski definition) is 4. The number of nitro groups is 1. The van der Waals surface area contributed by atoms with Gasteiger partial charge in [0.25, 0.3) is 5.69 Å². The second kappa shape index (κ2) is 4.54. The first kappa shape index (κ1) is 12.5. The summed E-state index contributed by atoms with van der Waals surface area (Å²) in [5.74, 6) is 0. The number of benzene rings is 1. The minimum atomic E-state index is -4.63. The molecule has 88 valence electrons. The lowest BCUT2D eigenvalue weighted by Gasteiger charge is -2.08. The average Bonchev–Trinajstić information content (AvgIpc) is 2.16. The molecule has 0 fully saturated rings. The van der Waals surface area contributed by atoms with Gasteiger partial charge in [-0.05, 0) is 23.9 Å². The van der Waals surface area contributed by atoms with Crippen LogP contribution in [0.25, 0.3) is 0 Å². The molecular formula is C7H5ClF3N3O2. The molecule has 0 saturated heterocycles. The van der Waals surface area contributed by atoms with Crippen LogP contribution in [0.15, 0.2) is 18.2 Å². The number of hydrogen-bond donors (Lipinski definition) is 2. The maximum absolute atomic E-state index is 12.3. The number of anilines is 1. The van der Waals surface area contributed by atoms with Gasteiger partial charge in [0.1, 0.15) is 5.69 Å². The molecule has 0 spiro atoms. The zero-order chi connectivity index (χ0) is 12.3. The Kier molecular flexibility index (Phi) is 3.55. The van der Waals surface area contributed by atoms with E-state index in [1.54, 1.807) is 0 Å². The van der Waals surface area contributed by atoms with Crippen molar-refractivity contribution in [2.24, 2.45) is 0 Å². The third-order valence-corrected chi connectivity index (χ3v) is 1.80. The molecule has 0 radical (unpaired) electrons. The van der Waals surface area contributed by atoms with Gasteiger partial charge in [-0.1, -0.05) is 0 Å². The molecule has 9 heteroatoms. The highest BCUT2D eigenvalue weighted by Gasteiger charge is 2.32. The van der Waals surface area contributed by atoms with Crippen LogP contribution < -0.4 is 10.4 Å². The average molecular weight is 256 g/mol. The topological polar surface area (TPSA) is 67.2 Å². The summed E-state index contributed by atoms with van der Waals surface area (Å²) in [6, 6.07) is 2.05. The Morgan fingerprint density at radius 1 is 1.38 bits per heavy atom. The first-order valence-corrected chi connectivity index (χ1v) is 4.21. The van der Waals surface area contributed by atoms with Crippen molar-refractivity contribution >= 4 is 23.2 Å². The Morgan fingerprint density at radius 3 is 2.44 bits per heavy atom. The summed E-state index contributed by atoms with van der Waals surface area (Å²) < 4.78 is 36.8. The van der Waals surface area contributed by atoms with Gasteiger partial charge in [-0.3, -0.25) is 10.1 Å². The highest BCUT2D eigenvalue weighted by Crippen LogP contribution is 2.34. The van der Waals surface area contributed by atoms with Gasteiger partial charge in [0.15, 0.2) is 0 Å². The summed E-state index contributed by atoms with van der Waals surface area (Å²) in [6.07, 6.45) is -4.63. The van der Waals surface area contributed by atoms with E-state index in [9.17, 15) is 23.3 Å². The fourth-order valence-electron chi connectivity index (χ4n) is 1.02. The van der Waals surface area contributed by atoms with Crippen molar-refractivity contribution in [1.29, 1.82) is 0 Å². The van der Waals surface area contributed by atoms with Gasteiger partial charge in [-0.25, -0.2) is 0 Å². The van der Waals surface area contributed by atoms with Crippen molar-refractivity contribution < 1.29 is 18.1 Å². The van der Waals surface area contributed by atoms with E-state index in [4.69, 9.17) is 11.8 Å². The fourth-order valence-corrected chi connectivity index (χ4v) is 1.12. The van der Waals surface area contributed by atoms with Crippen molar-refractivity contribution in [1.82, 2.24) is 4.94 Å². The molecule has 0 heterocycles. The van der Waals surface area contributed by atoms with Crippen LogP contribution in [0, 0.1) is 10.1 Å². The van der Waals surface area contributed by atoms with Gasteiger partial charge in [-0.2, -0.15) is 13.2 Å². The number of hydrazine groups is 1. The molecule has 1 aromatic rings. The quantitative estimate of drug-likeness (QED) is 0.495. The highest BCUT2D eigenvalue weighted by molar-refractivity contribution is 6.14. The summed E-state index contributed by atoms with van der Waals surface area (Å²) in [6.45, 7) is 0. The van der Waals surface area contributed by atoms with E-state index < -0.39 is 22.4 Å². The number of alkyl halides is 3. The number of halogens is 4. The molecule has 0 saturated carbocycles. The van der Waals surface area contributed by atoms with Crippen LogP contribution in [0.1, 0.15) is 5.56 Å². The lowest BCUT2D eigenvalue weighted by atomic mass is 10.1. The van der Waals surface area contributed by atoms with Gasteiger partial charge in [0, 0.05) is 6.07 Å². The number of nitrogens with zero attached hydrogens (tertiary/aromatic N) is 1. The third-order valence-electron chi connectivity index (χ3n) is 1.70. The van der Waals surface area contributed by atoms with Crippen molar-refractivity contribution in [3.63, 3.8) is 0 Å². The van der Waals surface area contributed by atoms with Crippen LogP contribution >= 0.6 is 11.8 Å². The molecule has 0 unspecified atom stereocenters. The Labute approximate surface area is 92.4 Å². The lowest BCUT2D eigenvalue weighted by molar-refractivity contribution is -0.384. The predicted molar refractivity (Wildman–Crippen MR) is 50.7 cm³/mol. The smallest absolute Gasteiger partial charge is 0.301 e. The first-order chi connectivity index (χ1) is 7.36. The van der Waals surface area contributed by atoms with Crippen molar-refractivity contribution in [3.8, 4) is 0 Å². The first-order valence-electron chi connectivity index (χ1n) is 3.83. The molecule has 0 amide bonds. The van der Waals surface area contributed by atoms with E-state index in [1.807, 2.05) is 4.94 Å². The van der Waals surface area contributed by atoms with Crippen molar-refractivity contribution in [3.05, 3.63) is 33.9 Å². The van der Waals surface area contributed by atoms with Gasteiger partial charge in [0.05, 0.1) is 10.5 Å². The molecule has 0 aliphatic rings. The second-order valence-corrected chi connectivity index (χ2v) is 2.90. The lowest BCUT2D eigenvalue weighted by Crippen LogP contribution is -2.12. The molecule has 0 aliphatic carbocycles. The molecule has 16 heavy (non-hydrogen) atoms. The molecular weight excluding hydrogens is 251 g/mol. The molecule has 1 rings (SSSR count). The van der Waals surface area contributed by atoms with Crippen LogP contribution in [0.3, 0.4) is 0 Å². The molecule has 0 bridgehead atoms. The van der Waals surface area contributed by atoms with E-state index in [-0.39, 0.29) is 5.69 Å². The normalized spacial score (nSPS) is 11.2. The SMILES string of the molecule is O=[N+]([O-])c1cc(C(F)(F)F)ccc1NNCl. The third kappa shape index (κ3) is 2.74. The van der Waals surface area contributed by atoms with E-state index in [1.165, 1.54) is 0 Å². The molecule has 0 atom stereocenters. The van der Waals surface area contributed by atoms with Crippen LogP contribution in [0.4, 0.5) is 24.5 Å². The molecule has 2 N–H and O–H groups in total. The van der Waals surface area contributed by atoms with Crippen molar-refractivity contribution in [2.75, 3.05) is 5.43 Å². The van der Waals surface area contributed by atoms with Crippen LogP contribution in [-0.2, 0) is 6.18 Å². The number of nitro benzene ring substituents is 1. The second-order valence-electron chi connectivity index (χ2n) is 2.71. The highest BCUT2D eigenvalue weighted by atomic mass is 35.5. The maximum Gasteiger partial charge on any atom is 0.416 e. The van der Waals surface area contributed by atoms with Gasteiger partial charge in [-0.15, -0.1) is 4.94 Å². The Hall–Kier alpha value is -1.54. The minimum Gasteiger partial charge on any atom is -0.301 e. The van der Waals surface area contributed by atoms with Crippen molar-refractivity contribution in [2.45, 2.75) is 6.18 Å². The zero-order valence-electron chi connectivity index (χ0n) is 7.51. The minimum absolute atomic E-state index is 0.159. The van der Waals surface area contributed by atoms with Gasteiger partial charge in [0.2, 0.25) is 0 Å². The summed E-state index contributed by atoms with van der Waals surface area (Å²) in [7, 11) is 0. The zero-order valence-corrected chi connectivity index (χ0v) is 8.26. The number of rotatable bonds is 3. The van der Waals surface area contributed by atoms with Crippen LogP contribution in [-0.4, -0.2) is 4.92 Å². The molecule has 0 aliphatic heterocycles. The van der Waals surface area contributed by atoms with Crippen LogP contribution in [0.5, 0.6) is 0 Å².